The van der Waals surface area contributed by atoms with E-state index < -0.39 is 11.4 Å². The number of aromatic nitrogens is 1. The summed E-state index contributed by atoms with van der Waals surface area (Å²) < 4.78 is 0. The Bertz CT molecular complexity index is 820. The molecule has 0 aliphatic heterocycles. The van der Waals surface area contributed by atoms with Gasteiger partial charge in [-0.2, -0.15) is 0 Å². The number of hydrogen-bond acceptors (Lipinski definition) is 3. The molecule has 2 N–H and O–H groups in total. The molecule has 1 aromatic heterocycles. The van der Waals surface area contributed by atoms with Crippen molar-refractivity contribution in [2.24, 2.45) is 0 Å². The highest BCUT2D eigenvalue weighted by Crippen LogP contribution is 2.28. The Balaban J connectivity index is 2.38. The normalized spacial score (nSPS) is 11.1. The lowest BCUT2D eigenvalue weighted by Crippen LogP contribution is -2.57. The largest absolute Gasteiger partial charge is 0.357 e. The number of pyridine rings is 1. The quantitative estimate of drug-likeness (QED) is 0.775. The minimum absolute atomic E-state index is 0.180. The first-order chi connectivity index (χ1) is 12.4. The number of halogens is 2. The molecule has 0 radical (unpaired) electrons. The van der Waals surface area contributed by atoms with Gasteiger partial charge in [0, 0.05) is 17.6 Å². The summed E-state index contributed by atoms with van der Waals surface area (Å²) in [6.07, 6.45) is 0.924. The Hall–Kier alpha value is -2.11. The smallest absolute Gasteiger partial charge is 0.270 e. The van der Waals surface area contributed by atoms with Crippen molar-refractivity contribution in [3.8, 4) is 11.3 Å². The highest BCUT2D eigenvalue weighted by molar-refractivity contribution is 6.33. The van der Waals surface area contributed by atoms with Gasteiger partial charge in [-0.05, 0) is 37.1 Å². The lowest BCUT2D eigenvalue weighted by Gasteiger charge is -2.30. The molecule has 0 saturated carbocycles. The van der Waals surface area contributed by atoms with Crippen molar-refractivity contribution in [1.29, 1.82) is 0 Å². The minimum atomic E-state index is -0.983. The maximum Gasteiger partial charge on any atom is 0.270 e. The summed E-state index contributed by atoms with van der Waals surface area (Å²) in [4.78, 5) is 29.4. The number of nitrogens with one attached hydrogen (secondary N) is 2. The zero-order chi connectivity index (χ0) is 19.3. The summed E-state index contributed by atoms with van der Waals surface area (Å²) in [5.41, 5.74) is 0.365. The van der Waals surface area contributed by atoms with Crippen molar-refractivity contribution in [2.45, 2.75) is 32.2 Å². The third-order valence-electron chi connectivity index (χ3n) is 4.40. The molecule has 1 heterocycles. The molecule has 0 saturated heterocycles. The van der Waals surface area contributed by atoms with Crippen LogP contribution in [0.15, 0.2) is 36.4 Å². The Morgan fingerprint density at radius 1 is 1.12 bits per heavy atom. The molecule has 2 aromatic rings. The average molecular weight is 394 g/mol. The van der Waals surface area contributed by atoms with Gasteiger partial charge in [-0.1, -0.05) is 49.2 Å². The monoisotopic (exact) mass is 393 g/mol. The van der Waals surface area contributed by atoms with Crippen LogP contribution in [0, 0.1) is 0 Å². The minimum Gasteiger partial charge on any atom is -0.357 e. The molecule has 0 bridgehead atoms. The molecule has 26 heavy (non-hydrogen) atoms. The highest BCUT2D eigenvalue weighted by atomic mass is 35.5. The molecule has 0 aliphatic carbocycles. The molecule has 0 unspecified atom stereocenters. The van der Waals surface area contributed by atoms with Gasteiger partial charge in [-0.15, -0.1) is 0 Å². The molecule has 1 aromatic carbocycles. The third-order valence-corrected chi connectivity index (χ3v) is 4.94. The Morgan fingerprint density at radius 2 is 1.81 bits per heavy atom. The number of carbonyl (C=O) groups excluding carboxylic acids is 2. The van der Waals surface area contributed by atoms with Gasteiger partial charge in [0.1, 0.15) is 11.2 Å². The summed E-state index contributed by atoms with van der Waals surface area (Å²) in [7, 11) is 1.55. The molecule has 7 heteroatoms. The van der Waals surface area contributed by atoms with Crippen molar-refractivity contribution in [1.82, 2.24) is 15.6 Å². The molecule has 0 fully saturated rings. The standard InChI is InChI=1S/C19H21Cl2N3O2/c1-4-19(5-2,18(26)22-3)24-17(25)15-10-9-14(21)16(23-15)12-7-6-8-13(20)11-12/h6-11H,4-5H2,1-3H3,(H,22,26)(H,24,25). The second-order valence-corrected chi connectivity index (χ2v) is 6.70. The van der Waals surface area contributed by atoms with Crippen LogP contribution >= 0.6 is 23.2 Å². The number of likely N-dealkylation sites (N-methyl/N-ethyl adjacent to an activating group) is 1. The van der Waals surface area contributed by atoms with Crippen molar-refractivity contribution < 1.29 is 9.59 Å². The maximum atomic E-state index is 12.7. The number of nitrogens with zero attached hydrogens (tertiary/aromatic N) is 1. The summed E-state index contributed by atoms with van der Waals surface area (Å²) in [6.45, 7) is 3.71. The van der Waals surface area contributed by atoms with Crippen LogP contribution in [0.3, 0.4) is 0 Å². The van der Waals surface area contributed by atoms with Gasteiger partial charge in [0.25, 0.3) is 5.91 Å². The predicted octanol–water partition coefficient (Wildman–Crippen LogP) is 4.09. The van der Waals surface area contributed by atoms with E-state index >= 15 is 0 Å². The lowest BCUT2D eigenvalue weighted by molar-refractivity contribution is -0.127. The lowest BCUT2D eigenvalue weighted by atomic mass is 9.91. The summed E-state index contributed by atoms with van der Waals surface area (Å²) >= 11 is 12.3. The van der Waals surface area contributed by atoms with Crippen LogP contribution in [-0.4, -0.2) is 29.4 Å². The zero-order valence-corrected chi connectivity index (χ0v) is 16.4. The van der Waals surface area contributed by atoms with E-state index in [1.54, 1.807) is 31.3 Å². The molecule has 5 nitrogen and oxygen atoms in total. The fraction of sp³-hybridized carbons (Fsp3) is 0.316. The van der Waals surface area contributed by atoms with Crippen LogP contribution in [0.2, 0.25) is 10.0 Å². The Kier molecular flexibility index (Phi) is 6.62. The topological polar surface area (TPSA) is 71.1 Å². The first kappa shape index (κ1) is 20.2. The van der Waals surface area contributed by atoms with E-state index in [9.17, 15) is 9.59 Å². The molecule has 0 aliphatic rings. The SMILES string of the molecule is CCC(CC)(NC(=O)c1ccc(Cl)c(-c2cccc(Cl)c2)n1)C(=O)NC. The molecule has 0 atom stereocenters. The van der Waals surface area contributed by atoms with Gasteiger partial charge >= 0.3 is 0 Å². The number of carbonyl (C=O) groups is 2. The Morgan fingerprint density at radius 3 is 2.38 bits per heavy atom. The second-order valence-electron chi connectivity index (χ2n) is 5.86. The van der Waals surface area contributed by atoms with E-state index in [0.717, 1.165) is 0 Å². The summed E-state index contributed by atoms with van der Waals surface area (Å²) in [5, 5.41) is 6.39. The van der Waals surface area contributed by atoms with E-state index in [2.05, 4.69) is 15.6 Å². The first-order valence-electron chi connectivity index (χ1n) is 8.34. The van der Waals surface area contributed by atoms with Gasteiger partial charge in [0.05, 0.1) is 10.7 Å². The maximum absolute atomic E-state index is 12.7. The van der Waals surface area contributed by atoms with Crippen LogP contribution in [0.4, 0.5) is 0 Å². The van der Waals surface area contributed by atoms with E-state index in [-0.39, 0.29) is 11.6 Å². The Labute approximate surface area is 163 Å². The number of rotatable bonds is 6. The van der Waals surface area contributed by atoms with Crippen molar-refractivity contribution in [3.63, 3.8) is 0 Å². The first-order valence-corrected chi connectivity index (χ1v) is 9.09. The zero-order valence-electron chi connectivity index (χ0n) is 14.9. The molecular formula is C19H21Cl2N3O2. The fourth-order valence-electron chi connectivity index (χ4n) is 2.73. The van der Waals surface area contributed by atoms with E-state index in [4.69, 9.17) is 23.2 Å². The number of benzene rings is 1. The summed E-state index contributed by atoms with van der Waals surface area (Å²) in [5.74, 6) is -0.669. The molecule has 2 amide bonds. The van der Waals surface area contributed by atoms with Crippen molar-refractivity contribution in [2.75, 3.05) is 7.05 Å². The van der Waals surface area contributed by atoms with Gasteiger partial charge in [0.2, 0.25) is 5.91 Å². The van der Waals surface area contributed by atoms with Crippen LogP contribution in [0.5, 0.6) is 0 Å². The van der Waals surface area contributed by atoms with Crippen molar-refractivity contribution >= 4 is 35.0 Å². The average Bonchev–Trinajstić information content (AvgIpc) is 2.65. The van der Waals surface area contributed by atoms with Crippen molar-refractivity contribution in [3.05, 3.63) is 52.1 Å². The van der Waals surface area contributed by atoms with Crippen LogP contribution in [0.25, 0.3) is 11.3 Å². The fourth-order valence-corrected chi connectivity index (χ4v) is 3.14. The number of hydrogen-bond donors (Lipinski definition) is 2. The van der Waals surface area contributed by atoms with Gasteiger partial charge in [-0.3, -0.25) is 9.59 Å². The predicted molar refractivity (Wildman–Crippen MR) is 105 cm³/mol. The summed E-state index contributed by atoms with van der Waals surface area (Å²) in [6, 6.07) is 10.2. The molecule has 0 spiro atoms. The van der Waals surface area contributed by atoms with E-state index in [1.807, 2.05) is 19.9 Å². The van der Waals surface area contributed by atoms with Gasteiger partial charge < -0.3 is 10.6 Å². The second kappa shape index (κ2) is 8.52. The van der Waals surface area contributed by atoms with Gasteiger partial charge in [0.15, 0.2) is 0 Å². The van der Waals surface area contributed by atoms with Gasteiger partial charge in [-0.25, -0.2) is 4.98 Å². The van der Waals surface area contributed by atoms with Crippen LogP contribution in [0.1, 0.15) is 37.2 Å². The highest BCUT2D eigenvalue weighted by Gasteiger charge is 2.36. The van der Waals surface area contributed by atoms with E-state index in [0.29, 0.717) is 34.1 Å². The van der Waals surface area contributed by atoms with Crippen LogP contribution in [-0.2, 0) is 4.79 Å². The molecule has 2 rings (SSSR count). The van der Waals surface area contributed by atoms with E-state index in [1.165, 1.54) is 6.07 Å². The third kappa shape index (κ3) is 4.17. The van der Waals surface area contributed by atoms with Crippen LogP contribution < -0.4 is 10.6 Å². The molecule has 138 valence electrons. The number of amides is 2. The molecular weight excluding hydrogens is 373 g/mol.